The summed E-state index contributed by atoms with van der Waals surface area (Å²) in [7, 11) is -0.247. The van der Waals surface area contributed by atoms with Crippen LogP contribution in [0.25, 0.3) is 0 Å². The molecule has 1 aromatic rings. The first kappa shape index (κ1) is 16.3. The summed E-state index contributed by atoms with van der Waals surface area (Å²) in [5.74, 6) is 0.601. The molecule has 0 saturated carbocycles. The van der Waals surface area contributed by atoms with Gasteiger partial charge in [-0.15, -0.1) is 10.2 Å². The maximum atomic E-state index is 11.9. The number of rotatable bonds is 6. The Kier molecular flexibility index (Phi) is 4.97. The smallest absolute Gasteiger partial charge is 0.214 e. The lowest BCUT2D eigenvalue weighted by Crippen LogP contribution is -2.33. The van der Waals surface area contributed by atoms with E-state index in [0.717, 1.165) is 18.9 Å². The zero-order valence-corrected chi connectivity index (χ0v) is 13.5. The molecule has 0 bridgehead atoms. The molecule has 1 saturated heterocycles. The van der Waals surface area contributed by atoms with Crippen molar-refractivity contribution in [2.45, 2.75) is 19.6 Å². The number of hydrogen-bond donors (Lipinski definition) is 1. The van der Waals surface area contributed by atoms with Crippen LogP contribution in [0.3, 0.4) is 0 Å². The van der Waals surface area contributed by atoms with Crippen LogP contribution in [0.1, 0.15) is 5.82 Å². The van der Waals surface area contributed by atoms with Crippen molar-refractivity contribution >= 4 is 10.0 Å². The second-order valence-corrected chi connectivity index (χ2v) is 7.95. The molecule has 2 rings (SSSR count). The van der Waals surface area contributed by atoms with Gasteiger partial charge in [0, 0.05) is 46.2 Å². The van der Waals surface area contributed by atoms with Crippen molar-refractivity contribution in [1.29, 1.82) is 0 Å². The molecule has 0 spiro atoms. The van der Waals surface area contributed by atoms with Crippen molar-refractivity contribution in [2.24, 2.45) is 5.92 Å². The summed E-state index contributed by atoms with van der Waals surface area (Å²) in [5.41, 5.74) is 0. The molecular formula is C12H23N5O3S. The lowest BCUT2D eigenvalue weighted by atomic mass is 10.1. The third kappa shape index (κ3) is 4.00. The molecule has 1 fully saturated rings. The standard InChI is InChI=1S/C12H23N5O3S/c1-10-14-13-9-17(10)5-4-16-6-11(12(18)7-16)8-21(19,20)15(2)3/h9,11-12,18H,4-8H2,1-3H3/t11-,12-/m0/s1. The highest BCUT2D eigenvalue weighted by Crippen LogP contribution is 2.19. The normalized spacial score (nSPS) is 24.0. The van der Waals surface area contributed by atoms with Crippen LogP contribution in [-0.4, -0.2) is 83.1 Å². The van der Waals surface area contributed by atoms with Gasteiger partial charge in [-0.05, 0) is 6.92 Å². The van der Waals surface area contributed by atoms with Crippen LogP contribution in [0.2, 0.25) is 0 Å². The van der Waals surface area contributed by atoms with Crippen molar-refractivity contribution in [1.82, 2.24) is 24.0 Å². The number of nitrogens with zero attached hydrogens (tertiary/aromatic N) is 5. The molecule has 1 aliphatic heterocycles. The van der Waals surface area contributed by atoms with Crippen LogP contribution >= 0.6 is 0 Å². The highest BCUT2D eigenvalue weighted by Gasteiger charge is 2.35. The molecule has 0 unspecified atom stereocenters. The van der Waals surface area contributed by atoms with E-state index in [-0.39, 0.29) is 11.7 Å². The van der Waals surface area contributed by atoms with E-state index >= 15 is 0 Å². The maximum Gasteiger partial charge on any atom is 0.214 e. The fraction of sp³-hybridized carbons (Fsp3) is 0.833. The van der Waals surface area contributed by atoms with Gasteiger partial charge >= 0.3 is 0 Å². The Morgan fingerprint density at radius 2 is 2.10 bits per heavy atom. The van der Waals surface area contributed by atoms with Crippen molar-refractivity contribution in [3.63, 3.8) is 0 Å². The second-order valence-electron chi connectivity index (χ2n) is 5.72. The first-order valence-electron chi connectivity index (χ1n) is 6.94. The van der Waals surface area contributed by atoms with E-state index in [4.69, 9.17) is 0 Å². The number of hydrogen-bond acceptors (Lipinski definition) is 6. The first-order valence-corrected chi connectivity index (χ1v) is 8.55. The van der Waals surface area contributed by atoms with Gasteiger partial charge in [0.1, 0.15) is 12.2 Å². The van der Waals surface area contributed by atoms with Gasteiger partial charge < -0.3 is 9.67 Å². The molecule has 0 amide bonds. The molecule has 0 radical (unpaired) electrons. The van der Waals surface area contributed by atoms with Crippen LogP contribution in [0.15, 0.2) is 6.33 Å². The Hall–Kier alpha value is -1.03. The predicted molar refractivity (Wildman–Crippen MR) is 78.2 cm³/mol. The van der Waals surface area contributed by atoms with Gasteiger partial charge in [0.15, 0.2) is 0 Å². The van der Waals surface area contributed by atoms with Crippen LogP contribution < -0.4 is 0 Å². The molecular weight excluding hydrogens is 294 g/mol. The van der Waals surface area contributed by atoms with Crippen LogP contribution in [-0.2, 0) is 16.6 Å². The number of aryl methyl sites for hydroxylation is 1. The molecule has 1 N–H and O–H groups in total. The topological polar surface area (TPSA) is 91.6 Å². The zero-order chi connectivity index (χ0) is 15.6. The molecule has 0 aliphatic carbocycles. The minimum absolute atomic E-state index is 0.0106. The van der Waals surface area contributed by atoms with Gasteiger partial charge in [-0.3, -0.25) is 4.90 Å². The Balaban J connectivity index is 1.88. The minimum Gasteiger partial charge on any atom is -0.391 e. The Bertz CT molecular complexity index is 571. The van der Waals surface area contributed by atoms with E-state index in [1.54, 1.807) is 6.33 Å². The van der Waals surface area contributed by atoms with Gasteiger partial charge in [0.2, 0.25) is 10.0 Å². The van der Waals surface area contributed by atoms with Gasteiger partial charge in [0.25, 0.3) is 0 Å². The van der Waals surface area contributed by atoms with Crippen molar-refractivity contribution in [2.75, 3.05) is 39.5 Å². The average Bonchev–Trinajstić information content (AvgIpc) is 2.93. The molecule has 1 aromatic heterocycles. The largest absolute Gasteiger partial charge is 0.391 e. The summed E-state index contributed by atoms with van der Waals surface area (Å²) in [6.45, 7) is 4.47. The third-order valence-electron chi connectivity index (χ3n) is 3.93. The average molecular weight is 317 g/mol. The number of aliphatic hydroxyl groups excluding tert-OH is 1. The second kappa shape index (κ2) is 6.39. The summed E-state index contributed by atoms with van der Waals surface area (Å²) in [6.07, 6.45) is 1.08. The predicted octanol–water partition coefficient (Wildman–Crippen LogP) is -1.23. The number of sulfonamides is 1. The number of aliphatic hydroxyl groups is 1. The van der Waals surface area contributed by atoms with E-state index in [1.807, 2.05) is 11.5 Å². The maximum absolute atomic E-state index is 11.9. The van der Waals surface area contributed by atoms with Gasteiger partial charge in [-0.25, -0.2) is 12.7 Å². The van der Waals surface area contributed by atoms with E-state index in [0.29, 0.717) is 13.1 Å². The van der Waals surface area contributed by atoms with Gasteiger partial charge in [-0.1, -0.05) is 0 Å². The Morgan fingerprint density at radius 3 is 2.67 bits per heavy atom. The zero-order valence-electron chi connectivity index (χ0n) is 12.7. The van der Waals surface area contributed by atoms with Crippen molar-refractivity contribution in [3.8, 4) is 0 Å². The fourth-order valence-electron chi connectivity index (χ4n) is 2.49. The molecule has 2 atom stereocenters. The van der Waals surface area contributed by atoms with E-state index in [9.17, 15) is 13.5 Å². The quantitative estimate of drug-likeness (QED) is 0.706. The lowest BCUT2D eigenvalue weighted by Gasteiger charge is -2.18. The molecule has 2 heterocycles. The monoisotopic (exact) mass is 317 g/mol. The van der Waals surface area contributed by atoms with Crippen LogP contribution in [0.5, 0.6) is 0 Å². The van der Waals surface area contributed by atoms with Gasteiger partial charge in [-0.2, -0.15) is 0 Å². The summed E-state index contributed by atoms with van der Waals surface area (Å²) < 4.78 is 27.0. The summed E-state index contributed by atoms with van der Waals surface area (Å²) in [5, 5.41) is 17.8. The van der Waals surface area contributed by atoms with Gasteiger partial charge in [0.05, 0.1) is 11.9 Å². The van der Waals surface area contributed by atoms with Crippen molar-refractivity contribution in [3.05, 3.63) is 12.2 Å². The van der Waals surface area contributed by atoms with E-state index < -0.39 is 16.1 Å². The molecule has 0 aromatic carbocycles. The minimum atomic E-state index is -3.28. The number of β-amino-alcohol motifs (C(OH)–C–C–N with tert-alkyl or cyclic N) is 1. The highest BCUT2D eigenvalue weighted by molar-refractivity contribution is 7.89. The third-order valence-corrected chi connectivity index (χ3v) is 5.89. The molecule has 21 heavy (non-hydrogen) atoms. The number of aromatic nitrogens is 3. The Labute approximate surface area is 125 Å². The first-order chi connectivity index (χ1) is 9.79. The van der Waals surface area contributed by atoms with Crippen LogP contribution in [0, 0.1) is 12.8 Å². The molecule has 1 aliphatic rings. The van der Waals surface area contributed by atoms with Crippen molar-refractivity contribution < 1.29 is 13.5 Å². The summed E-state index contributed by atoms with van der Waals surface area (Å²) in [4.78, 5) is 2.08. The highest BCUT2D eigenvalue weighted by atomic mass is 32.2. The summed E-state index contributed by atoms with van der Waals surface area (Å²) in [6, 6.07) is 0. The number of likely N-dealkylation sites (tertiary alicyclic amines) is 1. The summed E-state index contributed by atoms with van der Waals surface area (Å²) >= 11 is 0. The SMILES string of the molecule is Cc1nncn1CCN1C[C@@H](CS(=O)(=O)N(C)C)[C@@H](O)C1. The molecule has 9 heteroatoms. The van der Waals surface area contributed by atoms with E-state index in [1.165, 1.54) is 18.4 Å². The van der Waals surface area contributed by atoms with E-state index in [2.05, 4.69) is 15.1 Å². The molecule has 8 nitrogen and oxygen atoms in total. The lowest BCUT2D eigenvalue weighted by molar-refractivity contribution is 0.148. The molecule has 120 valence electrons. The fourth-order valence-corrected chi connectivity index (χ4v) is 3.66. The van der Waals surface area contributed by atoms with Crippen LogP contribution in [0.4, 0.5) is 0 Å². The Morgan fingerprint density at radius 1 is 1.38 bits per heavy atom.